The van der Waals surface area contributed by atoms with Crippen LogP contribution >= 0.6 is 23.1 Å². The summed E-state index contributed by atoms with van der Waals surface area (Å²) in [4.78, 5) is 4.42. The first-order valence-corrected chi connectivity index (χ1v) is 9.33. The number of para-hydroxylation sites is 1. The molecule has 0 saturated carbocycles. The molecule has 0 radical (unpaired) electrons. The predicted octanol–water partition coefficient (Wildman–Crippen LogP) is 5.52. The Balaban J connectivity index is 1.79. The summed E-state index contributed by atoms with van der Waals surface area (Å²) < 4.78 is 0. The molecule has 1 aliphatic carbocycles. The van der Waals surface area contributed by atoms with Gasteiger partial charge in [0.2, 0.25) is 0 Å². The molecule has 0 fully saturated rings. The van der Waals surface area contributed by atoms with Crippen LogP contribution < -0.4 is 5.32 Å². The van der Waals surface area contributed by atoms with Gasteiger partial charge in [0.15, 0.2) is 0 Å². The summed E-state index contributed by atoms with van der Waals surface area (Å²) in [6.07, 6.45) is 7.42. The van der Waals surface area contributed by atoms with Gasteiger partial charge in [0.05, 0.1) is 6.04 Å². The number of hydrogen-bond acceptors (Lipinski definition) is 3. The number of thioether (sulfide) groups is 1. The van der Waals surface area contributed by atoms with Crippen LogP contribution in [-0.4, -0.2) is 6.26 Å². The van der Waals surface area contributed by atoms with Crippen molar-refractivity contribution < 1.29 is 0 Å². The molecule has 1 heterocycles. The zero-order valence-electron chi connectivity index (χ0n) is 12.1. The molecule has 20 heavy (non-hydrogen) atoms. The third-order valence-corrected chi connectivity index (χ3v) is 6.14. The fourth-order valence-corrected chi connectivity index (χ4v) is 4.62. The summed E-state index contributed by atoms with van der Waals surface area (Å²) in [7, 11) is 0. The molecule has 3 heteroatoms. The van der Waals surface area contributed by atoms with E-state index in [9.17, 15) is 0 Å². The van der Waals surface area contributed by atoms with Gasteiger partial charge >= 0.3 is 0 Å². The number of rotatable bonds is 4. The van der Waals surface area contributed by atoms with E-state index >= 15 is 0 Å². The van der Waals surface area contributed by atoms with Gasteiger partial charge in [-0.25, -0.2) is 0 Å². The van der Waals surface area contributed by atoms with E-state index in [1.54, 1.807) is 22.2 Å². The van der Waals surface area contributed by atoms with Crippen LogP contribution in [0.25, 0.3) is 0 Å². The molecule has 1 aromatic carbocycles. The maximum absolute atomic E-state index is 3.68. The molecule has 1 aromatic heterocycles. The number of anilines is 1. The Morgan fingerprint density at radius 3 is 2.80 bits per heavy atom. The van der Waals surface area contributed by atoms with Gasteiger partial charge < -0.3 is 5.32 Å². The first-order chi connectivity index (χ1) is 9.78. The minimum atomic E-state index is 0.388. The minimum Gasteiger partial charge on any atom is -0.377 e. The molecule has 0 spiro atoms. The van der Waals surface area contributed by atoms with Crippen molar-refractivity contribution in [2.45, 2.75) is 43.5 Å². The summed E-state index contributed by atoms with van der Waals surface area (Å²) in [5.41, 5.74) is 2.85. The van der Waals surface area contributed by atoms with E-state index in [0.29, 0.717) is 6.04 Å². The van der Waals surface area contributed by atoms with E-state index < -0.39 is 0 Å². The molecule has 1 atom stereocenters. The molecule has 2 aromatic rings. The average Bonchev–Trinajstić information content (AvgIpc) is 2.92. The molecule has 1 N–H and O–H groups in total. The van der Waals surface area contributed by atoms with E-state index in [-0.39, 0.29) is 0 Å². The van der Waals surface area contributed by atoms with E-state index in [0.717, 1.165) is 0 Å². The molecule has 0 aliphatic heterocycles. The summed E-state index contributed by atoms with van der Waals surface area (Å²) in [5, 5.41) is 3.68. The van der Waals surface area contributed by atoms with Crippen molar-refractivity contribution in [2.75, 3.05) is 11.6 Å². The van der Waals surface area contributed by atoms with Gasteiger partial charge in [0.25, 0.3) is 0 Å². The Hall–Kier alpha value is -0.930. The Bertz CT molecular complexity index is 565. The number of aryl methyl sites for hydroxylation is 2. The first kappa shape index (κ1) is 14.0. The fraction of sp³-hybridized carbons (Fsp3) is 0.412. The van der Waals surface area contributed by atoms with Crippen LogP contribution in [0.15, 0.2) is 35.2 Å². The normalized spacial score (nSPS) is 15.7. The van der Waals surface area contributed by atoms with Crippen LogP contribution in [0.5, 0.6) is 0 Å². The molecule has 0 saturated heterocycles. The Labute approximate surface area is 129 Å². The molecular formula is C17H21NS2. The zero-order chi connectivity index (χ0) is 13.9. The van der Waals surface area contributed by atoms with Gasteiger partial charge in [-0.2, -0.15) is 0 Å². The zero-order valence-corrected chi connectivity index (χ0v) is 13.7. The third-order valence-electron chi connectivity index (χ3n) is 3.92. The molecule has 0 bridgehead atoms. The third kappa shape index (κ3) is 2.89. The van der Waals surface area contributed by atoms with Crippen molar-refractivity contribution in [3.8, 4) is 0 Å². The summed E-state index contributed by atoms with van der Waals surface area (Å²) in [5.74, 6) is 0. The second kappa shape index (κ2) is 6.23. The monoisotopic (exact) mass is 303 g/mol. The molecule has 0 amide bonds. The SMILES string of the molecule is CSc1ccccc1NC(C)c1cc2c(s1)CCCC2. The lowest BCUT2D eigenvalue weighted by atomic mass is 9.99. The van der Waals surface area contributed by atoms with Crippen molar-refractivity contribution in [1.29, 1.82) is 0 Å². The summed E-state index contributed by atoms with van der Waals surface area (Å²) in [6.45, 7) is 2.27. The van der Waals surface area contributed by atoms with E-state index in [1.165, 1.54) is 41.1 Å². The highest BCUT2D eigenvalue weighted by molar-refractivity contribution is 7.98. The van der Waals surface area contributed by atoms with Crippen molar-refractivity contribution >= 4 is 28.8 Å². The van der Waals surface area contributed by atoms with Gasteiger partial charge in [0, 0.05) is 20.3 Å². The number of hydrogen-bond donors (Lipinski definition) is 1. The van der Waals surface area contributed by atoms with Gasteiger partial charge in [-0.1, -0.05) is 12.1 Å². The largest absolute Gasteiger partial charge is 0.377 e. The molecule has 3 rings (SSSR count). The number of thiophene rings is 1. The van der Waals surface area contributed by atoms with Crippen LogP contribution in [0.1, 0.15) is 41.1 Å². The van der Waals surface area contributed by atoms with E-state index in [1.807, 2.05) is 11.3 Å². The average molecular weight is 303 g/mol. The molecule has 1 aliphatic rings. The highest BCUT2D eigenvalue weighted by Crippen LogP contribution is 2.35. The van der Waals surface area contributed by atoms with Crippen LogP contribution in [0, 0.1) is 0 Å². The van der Waals surface area contributed by atoms with Gasteiger partial charge in [0.1, 0.15) is 0 Å². The minimum absolute atomic E-state index is 0.388. The van der Waals surface area contributed by atoms with Crippen molar-refractivity contribution in [3.05, 3.63) is 45.6 Å². The van der Waals surface area contributed by atoms with E-state index in [4.69, 9.17) is 0 Å². The van der Waals surface area contributed by atoms with Crippen LogP contribution in [0.3, 0.4) is 0 Å². The smallest absolute Gasteiger partial charge is 0.0579 e. The highest BCUT2D eigenvalue weighted by Gasteiger charge is 2.17. The molecule has 1 unspecified atom stereocenters. The van der Waals surface area contributed by atoms with Gasteiger partial charge in [-0.15, -0.1) is 23.1 Å². The Morgan fingerprint density at radius 2 is 2.00 bits per heavy atom. The standard InChI is InChI=1S/C17H21NS2/c1-12(18-14-8-4-6-10-16(14)19-2)17-11-13-7-3-5-9-15(13)20-17/h4,6,8,10-12,18H,3,5,7,9H2,1-2H3. The van der Waals surface area contributed by atoms with Crippen molar-refractivity contribution in [1.82, 2.24) is 0 Å². The highest BCUT2D eigenvalue weighted by atomic mass is 32.2. The molecular weight excluding hydrogens is 282 g/mol. The predicted molar refractivity (Wildman–Crippen MR) is 91.2 cm³/mol. The maximum Gasteiger partial charge on any atom is 0.0579 e. The number of fused-ring (bicyclic) bond motifs is 1. The van der Waals surface area contributed by atoms with Crippen molar-refractivity contribution in [3.63, 3.8) is 0 Å². The van der Waals surface area contributed by atoms with Gasteiger partial charge in [-0.05, 0) is 62.6 Å². The topological polar surface area (TPSA) is 12.0 Å². The second-order valence-corrected chi connectivity index (χ2v) is 7.39. The molecule has 106 valence electrons. The van der Waals surface area contributed by atoms with Crippen LogP contribution in [0.2, 0.25) is 0 Å². The Morgan fingerprint density at radius 1 is 1.20 bits per heavy atom. The summed E-state index contributed by atoms with van der Waals surface area (Å²) >= 11 is 3.81. The lowest BCUT2D eigenvalue weighted by Crippen LogP contribution is -2.05. The van der Waals surface area contributed by atoms with Crippen LogP contribution in [0.4, 0.5) is 5.69 Å². The first-order valence-electron chi connectivity index (χ1n) is 7.29. The maximum atomic E-state index is 3.68. The van der Waals surface area contributed by atoms with Gasteiger partial charge in [-0.3, -0.25) is 0 Å². The summed E-state index contributed by atoms with van der Waals surface area (Å²) in [6, 6.07) is 11.4. The van der Waals surface area contributed by atoms with Crippen LogP contribution in [-0.2, 0) is 12.8 Å². The lowest BCUT2D eigenvalue weighted by molar-refractivity contribution is 0.696. The second-order valence-electron chi connectivity index (χ2n) is 5.37. The molecule has 1 nitrogen and oxygen atoms in total. The quantitative estimate of drug-likeness (QED) is 0.746. The number of nitrogens with one attached hydrogen (secondary N) is 1. The number of benzene rings is 1. The Kier molecular flexibility index (Phi) is 4.37. The lowest BCUT2D eigenvalue weighted by Gasteiger charge is -2.16. The fourth-order valence-electron chi connectivity index (χ4n) is 2.80. The van der Waals surface area contributed by atoms with E-state index in [2.05, 4.69) is 48.8 Å². The van der Waals surface area contributed by atoms with Crippen molar-refractivity contribution in [2.24, 2.45) is 0 Å².